The molecule has 0 aromatic heterocycles. The monoisotopic (exact) mass is 506 g/mol. The quantitative estimate of drug-likeness (QED) is 0.402. The highest BCUT2D eigenvalue weighted by Crippen LogP contribution is 2.40. The Kier molecular flexibility index (Phi) is 6.92. The lowest BCUT2D eigenvalue weighted by atomic mass is 10.0. The van der Waals surface area contributed by atoms with Gasteiger partial charge in [0.2, 0.25) is 11.6 Å². The van der Waals surface area contributed by atoms with Crippen molar-refractivity contribution >= 4 is 11.1 Å². The Morgan fingerprint density at radius 3 is 1.32 bits per heavy atom. The van der Waals surface area contributed by atoms with Gasteiger partial charge in [-0.25, -0.2) is 19.6 Å². The molecular formula is C30H34O7. The second-order valence-corrected chi connectivity index (χ2v) is 10.4. The van der Waals surface area contributed by atoms with Gasteiger partial charge in [-0.1, -0.05) is 37.4 Å². The third kappa shape index (κ3) is 5.25. The number of hydrogen-bond acceptors (Lipinski definition) is 7. The van der Waals surface area contributed by atoms with Gasteiger partial charge in [0.15, 0.2) is 0 Å². The van der Waals surface area contributed by atoms with Crippen LogP contribution >= 0.6 is 0 Å². The molecule has 0 amide bonds. The Labute approximate surface area is 217 Å². The molecule has 2 spiro atoms. The van der Waals surface area contributed by atoms with Crippen LogP contribution in [0.25, 0.3) is 11.1 Å². The zero-order chi connectivity index (χ0) is 25.3. The van der Waals surface area contributed by atoms with Crippen LogP contribution in [0.3, 0.4) is 0 Å². The summed E-state index contributed by atoms with van der Waals surface area (Å²) in [6.07, 6.45) is 7.28. The lowest BCUT2D eigenvalue weighted by Crippen LogP contribution is -2.43. The molecular weight excluding hydrogens is 472 g/mol. The molecule has 2 saturated heterocycles. The molecule has 7 heteroatoms. The van der Waals surface area contributed by atoms with Crippen LogP contribution in [-0.4, -0.2) is 37.0 Å². The first-order chi connectivity index (χ1) is 18.0. The number of benzene rings is 2. The first-order valence-corrected chi connectivity index (χ1v) is 13.3. The highest BCUT2D eigenvalue weighted by Gasteiger charge is 2.43. The predicted octanol–water partition coefficient (Wildman–Crippen LogP) is 6.74. The Balaban J connectivity index is 1.01. The van der Waals surface area contributed by atoms with Crippen LogP contribution in [0, 0.1) is 0 Å². The van der Waals surface area contributed by atoms with Crippen molar-refractivity contribution in [1.29, 1.82) is 0 Å². The highest BCUT2D eigenvalue weighted by atomic mass is 17.2. The van der Waals surface area contributed by atoms with Gasteiger partial charge in [-0.2, -0.15) is 0 Å². The lowest BCUT2D eigenvalue weighted by molar-refractivity contribution is -0.475. The lowest BCUT2D eigenvalue weighted by Gasteiger charge is -2.36. The zero-order valence-corrected chi connectivity index (χ0v) is 21.1. The summed E-state index contributed by atoms with van der Waals surface area (Å²) >= 11 is 0. The third-order valence-electron chi connectivity index (χ3n) is 7.82. The molecule has 4 aliphatic rings. The van der Waals surface area contributed by atoms with E-state index in [0.717, 1.165) is 85.1 Å². The highest BCUT2D eigenvalue weighted by molar-refractivity contribution is 5.68. The third-order valence-corrected chi connectivity index (χ3v) is 7.82. The van der Waals surface area contributed by atoms with E-state index in [1.807, 2.05) is 48.5 Å². The normalized spacial score (nSPS) is 26.4. The summed E-state index contributed by atoms with van der Waals surface area (Å²) < 4.78 is 18.1. The van der Waals surface area contributed by atoms with E-state index in [9.17, 15) is 0 Å². The van der Waals surface area contributed by atoms with Gasteiger partial charge in [0.05, 0.1) is 13.2 Å². The average Bonchev–Trinajstić information content (AvgIpc) is 3.60. The van der Waals surface area contributed by atoms with Gasteiger partial charge >= 0.3 is 0 Å². The fraction of sp³-hybridized carbons (Fsp3) is 0.467. The Morgan fingerprint density at radius 2 is 1.00 bits per heavy atom. The SMILES string of the molecule is C=C(c1ccc(Oc2ccc(C(=C)C3COC4(CCCC4)OO3)cc2)cc1)C1COC2(CCCC2)OO1. The minimum absolute atomic E-state index is 0.328. The molecule has 4 fully saturated rings. The van der Waals surface area contributed by atoms with Crippen molar-refractivity contribution in [1.82, 2.24) is 0 Å². The number of rotatable bonds is 6. The maximum absolute atomic E-state index is 6.04. The molecule has 2 saturated carbocycles. The maximum atomic E-state index is 6.04. The second kappa shape index (κ2) is 10.3. The van der Waals surface area contributed by atoms with Gasteiger partial charge in [0, 0.05) is 25.7 Å². The molecule has 7 nitrogen and oxygen atoms in total. The van der Waals surface area contributed by atoms with Gasteiger partial charge in [-0.3, -0.25) is 0 Å². The van der Waals surface area contributed by atoms with E-state index >= 15 is 0 Å². The van der Waals surface area contributed by atoms with E-state index in [4.69, 9.17) is 33.8 Å². The van der Waals surface area contributed by atoms with Gasteiger partial charge in [-0.15, -0.1) is 0 Å². The smallest absolute Gasteiger partial charge is 0.201 e. The van der Waals surface area contributed by atoms with Crippen LogP contribution in [0.15, 0.2) is 61.7 Å². The first kappa shape index (κ1) is 24.8. The Morgan fingerprint density at radius 1 is 0.622 bits per heavy atom. The van der Waals surface area contributed by atoms with Gasteiger partial charge < -0.3 is 14.2 Å². The molecule has 196 valence electrons. The molecule has 2 aromatic carbocycles. The summed E-state index contributed by atoms with van der Waals surface area (Å²) in [5.41, 5.74) is 3.54. The average molecular weight is 507 g/mol. The summed E-state index contributed by atoms with van der Waals surface area (Å²) in [6, 6.07) is 15.5. The molecule has 6 rings (SSSR count). The number of ether oxygens (including phenoxy) is 3. The largest absolute Gasteiger partial charge is 0.457 e. The van der Waals surface area contributed by atoms with Gasteiger partial charge in [0.1, 0.15) is 23.7 Å². The van der Waals surface area contributed by atoms with Crippen molar-refractivity contribution in [2.75, 3.05) is 13.2 Å². The summed E-state index contributed by atoms with van der Waals surface area (Å²) in [7, 11) is 0. The summed E-state index contributed by atoms with van der Waals surface area (Å²) in [4.78, 5) is 22.6. The number of hydrogen-bond donors (Lipinski definition) is 0. The van der Waals surface area contributed by atoms with Crippen LogP contribution in [0.4, 0.5) is 0 Å². The van der Waals surface area contributed by atoms with Crippen LogP contribution in [0.5, 0.6) is 11.5 Å². The minimum atomic E-state index is -0.556. The fourth-order valence-corrected chi connectivity index (χ4v) is 5.43. The topological polar surface area (TPSA) is 64.6 Å². The zero-order valence-electron chi connectivity index (χ0n) is 21.1. The van der Waals surface area contributed by atoms with Crippen molar-refractivity contribution in [2.24, 2.45) is 0 Å². The molecule has 2 aliphatic carbocycles. The molecule has 0 N–H and O–H groups in total. The van der Waals surface area contributed by atoms with E-state index in [1.54, 1.807) is 0 Å². The predicted molar refractivity (Wildman–Crippen MR) is 137 cm³/mol. The van der Waals surface area contributed by atoms with Crippen LogP contribution < -0.4 is 4.74 Å². The Hall–Kier alpha value is -2.52. The molecule has 2 atom stereocenters. The summed E-state index contributed by atoms with van der Waals surface area (Å²) in [5.74, 6) is 0.341. The van der Waals surface area contributed by atoms with Crippen molar-refractivity contribution in [2.45, 2.75) is 75.1 Å². The molecule has 37 heavy (non-hydrogen) atoms. The van der Waals surface area contributed by atoms with Crippen LogP contribution in [0.2, 0.25) is 0 Å². The standard InChI is InChI=1S/C30H34O7/c1-21(27-19-31-29(36-34-27)15-3-4-16-29)23-7-11-25(12-8-23)33-26-13-9-24(10-14-26)22(2)28-20-32-30(37-35-28)17-5-6-18-30/h7-14,27-28H,1-6,15-20H2. The van der Waals surface area contributed by atoms with E-state index in [1.165, 1.54) is 0 Å². The fourth-order valence-electron chi connectivity index (χ4n) is 5.43. The molecule has 2 aliphatic heterocycles. The van der Waals surface area contributed by atoms with Crippen molar-refractivity contribution in [3.8, 4) is 11.5 Å². The van der Waals surface area contributed by atoms with Gasteiger partial charge in [0.25, 0.3) is 0 Å². The molecule has 2 aromatic rings. The minimum Gasteiger partial charge on any atom is -0.457 e. The van der Waals surface area contributed by atoms with E-state index < -0.39 is 11.6 Å². The van der Waals surface area contributed by atoms with Crippen molar-refractivity contribution < 1.29 is 33.8 Å². The van der Waals surface area contributed by atoms with Crippen molar-refractivity contribution in [3.63, 3.8) is 0 Å². The van der Waals surface area contributed by atoms with E-state index in [2.05, 4.69) is 13.2 Å². The molecule has 0 radical (unpaired) electrons. The van der Waals surface area contributed by atoms with Crippen LogP contribution in [0.1, 0.15) is 62.5 Å². The second-order valence-electron chi connectivity index (χ2n) is 10.4. The summed E-state index contributed by atoms with van der Waals surface area (Å²) in [5, 5.41) is 0. The molecule has 2 unspecified atom stereocenters. The molecule has 0 bridgehead atoms. The molecule has 2 heterocycles. The van der Waals surface area contributed by atoms with E-state index in [-0.39, 0.29) is 12.2 Å². The van der Waals surface area contributed by atoms with E-state index in [0.29, 0.717) is 13.2 Å². The summed E-state index contributed by atoms with van der Waals surface area (Å²) in [6.45, 7) is 9.29. The van der Waals surface area contributed by atoms with Crippen molar-refractivity contribution in [3.05, 3.63) is 72.8 Å². The maximum Gasteiger partial charge on any atom is 0.201 e. The van der Waals surface area contributed by atoms with Gasteiger partial charge in [-0.05, 0) is 72.2 Å². The van der Waals surface area contributed by atoms with Crippen LogP contribution in [-0.2, 0) is 29.0 Å². The Bertz CT molecular complexity index is 1000. The first-order valence-electron chi connectivity index (χ1n) is 13.3.